The van der Waals surface area contributed by atoms with Crippen LogP contribution in [0.1, 0.15) is 32.3 Å². The molecule has 0 heterocycles. The van der Waals surface area contributed by atoms with Crippen LogP contribution in [-0.2, 0) is 16.0 Å². The van der Waals surface area contributed by atoms with E-state index < -0.39 is 29.8 Å². The second kappa shape index (κ2) is 16.0. The molecule has 0 aliphatic rings. The van der Waals surface area contributed by atoms with Crippen LogP contribution in [0.4, 0.5) is 13.6 Å². The maximum Gasteiger partial charge on any atom is 0.415 e. The number of carbonyl (C=O) groups is 2. The number of halogens is 2. The molecule has 0 radical (unpaired) electrons. The molecule has 0 aliphatic carbocycles. The van der Waals surface area contributed by atoms with E-state index in [4.69, 9.17) is 14.2 Å². The highest BCUT2D eigenvalue weighted by Crippen LogP contribution is 2.18. The van der Waals surface area contributed by atoms with E-state index in [1.165, 1.54) is 11.0 Å². The van der Waals surface area contributed by atoms with Crippen molar-refractivity contribution in [3.05, 3.63) is 59.7 Å². The first kappa shape index (κ1) is 29.4. The lowest BCUT2D eigenvalue weighted by molar-refractivity contribution is -0.149. The SMILES string of the molecule is CCCSCCCN(CCOc1ccc(CC(OCC)C(=O)O)cc1)C(=O)Oc1ccc(F)c(F)c1. The molecule has 1 amide bonds. The maximum atomic E-state index is 13.5. The molecule has 1 N–H and O–H groups in total. The van der Waals surface area contributed by atoms with Gasteiger partial charge >= 0.3 is 12.1 Å². The molecule has 0 aromatic heterocycles. The van der Waals surface area contributed by atoms with Gasteiger partial charge < -0.3 is 24.2 Å². The molecule has 1 unspecified atom stereocenters. The average molecular weight is 526 g/mol. The smallest absolute Gasteiger partial charge is 0.415 e. The molecular weight excluding hydrogens is 492 g/mol. The molecule has 1 atom stereocenters. The standard InChI is InChI=1S/C26H33F2NO6S/c1-3-15-36-16-5-12-29(26(32)35-21-10-11-22(27)23(28)18-21)13-14-34-20-8-6-19(7-9-20)17-24(25(30)31)33-4-2/h6-11,18,24H,3-5,12-17H2,1-2H3,(H,30,31). The molecule has 0 bridgehead atoms. The summed E-state index contributed by atoms with van der Waals surface area (Å²) >= 11 is 1.80. The lowest BCUT2D eigenvalue weighted by Crippen LogP contribution is -2.37. The number of nitrogens with zero attached hydrogens (tertiary/aromatic N) is 1. The van der Waals surface area contributed by atoms with E-state index in [1.54, 1.807) is 43.0 Å². The summed E-state index contributed by atoms with van der Waals surface area (Å²) in [6.07, 6.45) is 0.476. The number of aliphatic carboxylic acids is 1. The first-order valence-corrected chi connectivity index (χ1v) is 13.0. The molecule has 10 heteroatoms. The first-order chi connectivity index (χ1) is 17.3. The van der Waals surface area contributed by atoms with Gasteiger partial charge in [0.2, 0.25) is 0 Å². The quantitative estimate of drug-likeness (QED) is 0.293. The average Bonchev–Trinajstić information content (AvgIpc) is 2.85. The third-order valence-electron chi connectivity index (χ3n) is 5.04. The topological polar surface area (TPSA) is 85.3 Å². The summed E-state index contributed by atoms with van der Waals surface area (Å²) in [7, 11) is 0. The minimum absolute atomic E-state index is 0.0764. The van der Waals surface area contributed by atoms with E-state index in [0.717, 1.165) is 42.0 Å². The van der Waals surface area contributed by atoms with Crippen LogP contribution in [0.25, 0.3) is 0 Å². The monoisotopic (exact) mass is 525 g/mol. The number of thioether (sulfide) groups is 1. The fraction of sp³-hybridized carbons (Fsp3) is 0.462. The highest BCUT2D eigenvalue weighted by atomic mass is 32.2. The normalized spacial score (nSPS) is 11.7. The predicted molar refractivity (Wildman–Crippen MR) is 135 cm³/mol. The van der Waals surface area contributed by atoms with E-state index in [2.05, 4.69) is 6.92 Å². The zero-order valence-electron chi connectivity index (χ0n) is 20.6. The Morgan fingerprint density at radius 3 is 2.36 bits per heavy atom. The van der Waals surface area contributed by atoms with Crippen LogP contribution in [0.2, 0.25) is 0 Å². The molecule has 2 aromatic rings. The Bertz CT molecular complexity index is 960. The number of hydrogen-bond acceptors (Lipinski definition) is 6. The number of benzene rings is 2. The van der Waals surface area contributed by atoms with Gasteiger partial charge in [-0.1, -0.05) is 19.1 Å². The van der Waals surface area contributed by atoms with Crippen molar-refractivity contribution in [3.8, 4) is 11.5 Å². The van der Waals surface area contributed by atoms with Gasteiger partial charge in [-0.25, -0.2) is 18.4 Å². The Morgan fingerprint density at radius 2 is 1.72 bits per heavy atom. The van der Waals surface area contributed by atoms with Gasteiger partial charge in [0.1, 0.15) is 18.1 Å². The van der Waals surface area contributed by atoms with Crippen LogP contribution >= 0.6 is 11.8 Å². The number of carboxylic acids is 1. The van der Waals surface area contributed by atoms with Crippen molar-refractivity contribution in [2.75, 3.05) is 37.8 Å². The Balaban J connectivity index is 1.92. The van der Waals surface area contributed by atoms with Gasteiger partial charge in [0.05, 0.1) is 6.54 Å². The van der Waals surface area contributed by atoms with Crippen LogP contribution in [0.5, 0.6) is 11.5 Å². The first-order valence-electron chi connectivity index (χ1n) is 11.9. The summed E-state index contributed by atoms with van der Waals surface area (Å²) in [5.74, 6) is -0.719. The molecule has 198 valence electrons. The Morgan fingerprint density at radius 1 is 1.00 bits per heavy atom. The van der Waals surface area contributed by atoms with Gasteiger partial charge in [-0.3, -0.25) is 0 Å². The summed E-state index contributed by atoms with van der Waals surface area (Å²) in [6, 6.07) is 9.93. The molecule has 0 spiro atoms. The highest BCUT2D eigenvalue weighted by Gasteiger charge is 2.19. The van der Waals surface area contributed by atoms with Gasteiger partial charge in [0, 0.05) is 25.6 Å². The Hall–Kier alpha value is -2.85. The maximum absolute atomic E-state index is 13.5. The second-order valence-electron chi connectivity index (χ2n) is 7.88. The molecule has 2 rings (SSSR count). The number of rotatable bonds is 16. The summed E-state index contributed by atoms with van der Waals surface area (Å²) in [5, 5.41) is 9.23. The van der Waals surface area contributed by atoms with Crippen molar-refractivity contribution in [2.24, 2.45) is 0 Å². The zero-order chi connectivity index (χ0) is 26.3. The minimum atomic E-state index is -1.09. The van der Waals surface area contributed by atoms with Crippen LogP contribution in [0, 0.1) is 11.6 Å². The molecule has 0 saturated heterocycles. The van der Waals surface area contributed by atoms with Crippen LogP contribution < -0.4 is 9.47 Å². The lowest BCUT2D eigenvalue weighted by atomic mass is 10.1. The molecule has 0 fully saturated rings. The van der Waals surface area contributed by atoms with Gasteiger partial charge in [-0.2, -0.15) is 11.8 Å². The summed E-state index contributed by atoms with van der Waals surface area (Å²) in [4.78, 5) is 25.4. The number of ether oxygens (including phenoxy) is 3. The third-order valence-corrected chi connectivity index (χ3v) is 6.31. The minimum Gasteiger partial charge on any atom is -0.492 e. The number of carboxylic acid groups (broad SMARTS) is 1. The highest BCUT2D eigenvalue weighted by molar-refractivity contribution is 7.99. The van der Waals surface area contributed by atoms with Crippen LogP contribution in [-0.4, -0.2) is 66.0 Å². The number of amides is 1. The summed E-state index contributed by atoms with van der Waals surface area (Å²) in [6.45, 7) is 5.00. The van der Waals surface area contributed by atoms with E-state index in [0.29, 0.717) is 18.9 Å². The molecule has 0 saturated carbocycles. The molecule has 0 aliphatic heterocycles. The summed E-state index contributed by atoms with van der Waals surface area (Å²) in [5.41, 5.74) is 0.796. The Kier molecular flexibility index (Phi) is 13.1. The summed E-state index contributed by atoms with van der Waals surface area (Å²) < 4.78 is 42.9. The second-order valence-corrected chi connectivity index (χ2v) is 9.10. The molecular formula is C26H33F2NO6S. The Labute approximate surface area is 214 Å². The third kappa shape index (κ3) is 10.4. The van der Waals surface area contributed by atoms with Gasteiger partial charge in [0.15, 0.2) is 17.7 Å². The van der Waals surface area contributed by atoms with Crippen molar-refractivity contribution in [1.82, 2.24) is 4.90 Å². The number of carbonyl (C=O) groups excluding carboxylic acids is 1. The van der Waals surface area contributed by atoms with Gasteiger partial charge in [0.25, 0.3) is 0 Å². The van der Waals surface area contributed by atoms with Crippen LogP contribution in [0.15, 0.2) is 42.5 Å². The molecule has 36 heavy (non-hydrogen) atoms. The number of hydrogen-bond donors (Lipinski definition) is 1. The zero-order valence-corrected chi connectivity index (χ0v) is 21.4. The predicted octanol–water partition coefficient (Wildman–Crippen LogP) is 5.41. The van der Waals surface area contributed by atoms with Crippen molar-refractivity contribution in [1.29, 1.82) is 0 Å². The van der Waals surface area contributed by atoms with E-state index in [9.17, 15) is 23.5 Å². The van der Waals surface area contributed by atoms with E-state index in [-0.39, 0.29) is 25.3 Å². The van der Waals surface area contributed by atoms with E-state index in [1.807, 2.05) is 0 Å². The van der Waals surface area contributed by atoms with Crippen molar-refractivity contribution in [2.45, 2.75) is 39.2 Å². The van der Waals surface area contributed by atoms with Crippen LogP contribution in [0.3, 0.4) is 0 Å². The lowest BCUT2D eigenvalue weighted by Gasteiger charge is -2.22. The van der Waals surface area contributed by atoms with E-state index >= 15 is 0 Å². The fourth-order valence-corrected chi connectivity index (χ4v) is 4.06. The van der Waals surface area contributed by atoms with Gasteiger partial charge in [-0.05, 0) is 61.1 Å². The molecule has 7 nitrogen and oxygen atoms in total. The molecule has 2 aromatic carbocycles. The van der Waals surface area contributed by atoms with Crippen molar-refractivity contribution < 1.29 is 37.7 Å². The largest absolute Gasteiger partial charge is 0.492 e. The van der Waals surface area contributed by atoms with Crippen molar-refractivity contribution >= 4 is 23.8 Å². The fourth-order valence-electron chi connectivity index (χ4n) is 3.23. The van der Waals surface area contributed by atoms with Crippen molar-refractivity contribution in [3.63, 3.8) is 0 Å². The van der Waals surface area contributed by atoms with Gasteiger partial charge in [-0.15, -0.1) is 0 Å².